The van der Waals surface area contributed by atoms with Gasteiger partial charge in [0.25, 0.3) is 0 Å². The highest BCUT2D eigenvalue weighted by Crippen LogP contribution is 2.29. The highest BCUT2D eigenvalue weighted by molar-refractivity contribution is 5.88. The number of carbonyl (C=O) groups is 2. The molecule has 5 nitrogen and oxygen atoms in total. The van der Waals surface area contributed by atoms with Gasteiger partial charge >= 0.3 is 0 Å². The Kier molecular flexibility index (Phi) is 9.46. The molecule has 1 aliphatic rings. The second-order valence-electron chi connectivity index (χ2n) is 5.82. The maximum atomic E-state index is 11.8. The third-order valence-corrected chi connectivity index (χ3v) is 3.93. The Balaban J connectivity index is 2.56. The lowest BCUT2D eigenvalue weighted by molar-refractivity contribution is -0.118. The van der Waals surface area contributed by atoms with E-state index < -0.39 is 0 Å². The predicted octanol–water partition coefficient (Wildman–Crippen LogP) is 2.28. The van der Waals surface area contributed by atoms with Gasteiger partial charge in [-0.3, -0.25) is 9.59 Å². The van der Waals surface area contributed by atoms with E-state index in [2.05, 4.69) is 10.6 Å². The van der Waals surface area contributed by atoms with Crippen LogP contribution < -0.4 is 10.6 Å². The summed E-state index contributed by atoms with van der Waals surface area (Å²) in [6, 6.07) is 0. The average molecular weight is 332 g/mol. The molecule has 0 aromatic rings. The molecule has 1 aliphatic heterocycles. The maximum absolute atomic E-state index is 11.8. The summed E-state index contributed by atoms with van der Waals surface area (Å²) in [6.45, 7) is 6.13. The summed E-state index contributed by atoms with van der Waals surface area (Å²) in [7, 11) is 0. The maximum Gasteiger partial charge on any atom is 0.243 e. The van der Waals surface area contributed by atoms with E-state index in [0.717, 1.165) is 12.8 Å². The van der Waals surface area contributed by atoms with Crippen LogP contribution in [0.1, 0.15) is 26.7 Å². The van der Waals surface area contributed by atoms with E-state index in [-0.39, 0.29) is 17.2 Å². The van der Waals surface area contributed by atoms with Gasteiger partial charge in [0.2, 0.25) is 11.8 Å². The van der Waals surface area contributed by atoms with Crippen LogP contribution in [0.25, 0.3) is 0 Å². The standard InChI is InChI=1S/C19H28N2O3/c1-3-5-7-9-17(22)20-15-19(11-13-24-14-12-19)16-21-18(23)10-8-6-4-2/h3-10H,11-16H2,1-2H3,(H,20,22)(H,21,23)/b5-3+,6-4+,9-7+,10-8+. The number of ether oxygens (including phenoxy) is 1. The van der Waals surface area contributed by atoms with Gasteiger partial charge in [-0.25, -0.2) is 0 Å². The van der Waals surface area contributed by atoms with Crippen LogP contribution in [0.3, 0.4) is 0 Å². The minimum absolute atomic E-state index is 0.127. The molecule has 0 aromatic heterocycles. The Bertz CT molecular complexity index is 473. The smallest absolute Gasteiger partial charge is 0.243 e. The van der Waals surface area contributed by atoms with Crippen LogP contribution in [0.4, 0.5) is 0 Å². The molecule has 1 rings (SSSR count). The first-order valence-electron chi connectivity index (χ1n) is 8.34. The summed E-state index contributed by atoms with van der Waals surface area (Å²) < 4.78 is 5.43. The van der Waals surface area contributed by atoms with Gasteiger partial charge in [0, 0.05) is 43.9 Å². The SMILES string of the molecule is C/C=C/C=C/C(=O)NCC1(CNC(=O)/C=C/C=C/C)CCOCC1. The number of amides is 2. The van der Waals surface area contributed by atoms with E-state index in [4.69, 9.17) is 4.74 Å². The fraction of sp³-hybridized carbons (Fsp3) is 0.474. The number of nitrogens with one attached hydrogen (secondary N) is 2. The molecule has 5 heteroatoms. The molecule has 1 heterocycles. The van der Waals surface area contributed by atoms with Gasteiger partial charge in [0.15, 0.2) is 0 Å². The van der Waals surface area contributed by atoms with E-state index in [9.17, 15) is 9.59 Å². The molecule has 0 unspecified atom stereocenters. The van der Waals surface area contributed by atoms with Crippen molar-refractivity contribution < 1.29 is 14.3 Å². The van der Waals surface area contributed by atoms with Crippen LogP contribution in [0.5, 0.6) is 0 Å². The van der Waals surface area contributed by atoms with E-state index in [0.29, 0.717) is 26.3 Å². The molecule has 0 aliphatic carbocycles. The van der Waals surface area contributed by atoms with Crippen molar-refractivity contribution >= 4 is 11.8 Å². The second-order valence-corrected chi connectivity index (χ2v) is 5.82. The predicted molar refractivity (Wildman–Crippen MR) is 96.4 cm³/mol. The fourth-order valence-electron chi connectivity index (χ4n) is 2.40. The molecule has 2 N–H and O–H groups in total. The van der Waals surface area contributed by atoms with Crippen LogP contribution in [-0.4, -0.2) is 38.1 Å². The summed E-state index contributed by atoms with van der Waals surface area (Å²) in [6.07, 6.45) is 15.4. The van der Waals surface area contributed by atoms with E-state index in [1.54, 1.807) is 24.3 Å². The lowest BCUT2D eigenvalue weighted by Gasteiger charge is -2.37. The van der Waals surface area contributed by atoms with Gasteiger partial charge in [-0.2, -0.15) is 0 Å². The van der Waals surface area contributed by atoms with Gasteiger partial charge in [-0.1, -0.05) is 36.5 Å². The Morgan fingerprint density at radius 3 is 1.75 bits per heavy atom. The molecule has 0 bridgehead atoms. The zero-order valence-electron chi connectivity index (χ0n) is 14.6. The molecule has 0 aromatic carbocycles. The number of hydrogen-bond acceptors (Lipinski definition) is 3. The van der Waals surface area contributed by atoms with Crippen molar-refractivity contribution in [3.8, 4) is 0 Å². The van der Waals surface area contributed by atoms with Crippen molar-refractivity contribution in [2.45, 2.75) is 26.7 Å². The van der Waals surface area contributed by atoms with Gasteiger partial charge in [-0.05, 0) is 26.7 Å². The Labute approximate surface area is 144 Å². The highest BCUT2D eigenvalue weighted by atomic mass is 16.5. The quantitative estimate of drug-likeness (QED) is 0.529. The number of allylic oxidation sites excluding steroid dienone is 6. The fourth-order valence-corrected chi connectivity index (χ4v) is 2.40. The van der Waals surface area contributed by atoms with Crippen LogP contribution in [0.2, 0.25) is 0 Å². The number of carbonyl (C=O) groups excluding carboxylic acids is 2. The molecule has 0 saturated carbocycles. The van der Waals surface area contributed by atoms with Crippen LogP contribution in [0.15, 0.2) is 48.6 Å². The van der Waals surface area contributed by atoms with Crippen molar-refractivity contribution in [3.05, 3.63) is 48.6 Å². The second kappa shape index (κ2) is 11.4. The molecule has 0 spiro atoms. The average Bonchev–Trinajstić information content (AvgIpc) is 2.60. The number of hydrogen-bond donors (Lipinski definition) is 2. The summed E-state index contributed by atoms with van der Waals surface area (Å²) in [5, 5.41) is 5.86. The summed E-state index contributed by atoms with van der Waals surface area (Å²) in [5.74, 6) is -0.253. The molecule has 132 valence electrons. The minimum Gasteiger partial charge on any atom is -0.381 e. The Hall–Kier alpha value is -2.14. The van der Waals surface area contributed by atoms with Crippen LogP contribution >= 0.6 is 0 Å². The van der Waals surface area contributed by atoms with Gasteiger partial charge in [0.1, 0.15) is 0 Å². The third-order valence-electron chi connectivity index (χ3n) is 3.93. The van der Waals surface area contributed by atoms with Crippen molar-refractivity contribution in [1.82, 2.24) is 10.6 Å². The van der Waals surface area contributed by atoms with Crippen molar-refractivity contribution in [1.29, 1.82) is 0 Å². The summed E-state index contributed by atoms with van der Waals surface area (Å²) in [5.41, 5.74) is -0.160. The summed E-state index contributed by atoms with van der Waals surface area (Å²) in [4.78, 5) is 23.7. The topological polar surface area (TPSA) is 67.4 Å². The first-order valence-corrected chi connectivity index (χ1v) is 8.34. The van der Waals surface area contributed by atoms with E-state index >= 15 is 0 Å². The molecule has 0 atom stereocenters. The first kappa shape index (κ1) is 19.9. The third kappa shape index (κ3) is 7.92. The van der Waals surface area contributed by atoms with Crippen molar-refractivity contribution in [2.24, 2.45) is 5.41 Å². The molecule has 0 radical (unpaired) electrons. The molecular weight excluding hydrogens is 304 g/mol. The van der Waals surface area contributed by atoms with Crippen molar-refractivity contribution in [3.63, 3.8) is 0 Å². The Morgan fingerprint density at radius 1 is 0.875 bits per heavy atom. The normalized spacial score (nSPS) is 17.9. The van der Waals surface area contributed by atoms with E-state index in [1.165, 1.54) is 12.2 Å². The van der Waals surface area contributed by atoms with Crippen molar-refractivity contribution in [2.75, 3.05) is 26.3 Å². The lowest BCUT2D eigenvalue weighted by Crippen LogP contribution is -2.48. The van der Waals surface area contributed by atoms with Gasteiger partial charge in [0.05, 0.1) is 0 Å². The molecular formula is C19H28N2O3. The van der Waals surface area contributed by atoms with Crippen LogP contribution in [-0.2, 0) is 14.3 Å². The highest BCUT2D eigenvalue weighted by Gasteiger charge is 2.33. The molecule has 24 heavy (non-hydrogen) atoms. The Morgan fingerprint density at radius 2 is 1.33 bits per heavy atom. The van der Waals surface area contributed by atoms with Crippen LogP contribution in [0, 0.1) is 5.41 Å². The minimum atomic E-state index is -0.160. The monoisotopic (exact) mass is 332 g/mol. The zero-order chi connectivity index (χ0) is 17.7. The largest absolute Gasteiger partial charge is 0.381 e. The molecule has 2 amide bonds. The van der Waals surface area contributed by atoms with Gasteiger partial charge < -0.3 is 15.4 Å². The molecule has 1 saturated heterocycles. The molecule has 1 fully saturated rings. The lowest BCUT2D eigenvalue weighted by atomic mass is 9.80. The first-order chi connectivity index (χ1) is 11.6. The zero-order valence-corrected chi connectivity index (χ0v) is 14.6. The van der Waals surface area contributed by atoms with Gasteiger partial charge in [-0.15, -0.1) is 0 Å². The number of rotatable bonds is 8. The van der Waals surface area contributed by atoms with E-state index in [1.807, 2.05) is 26.0 Å². The summed E-state index contributed by atoms with van der Waals surface area (Å²) >= 11 is 0.